The van der Waals surface area contributed by atoms with Crippen LogP contribution in [0.1, 0.15) is 41.6 Å². The summed E-state index contributed by atoms with van der Waals surface area (Å²) in [7, 11) is 0. The van der Waals surface area contributed by atoms with Crippen molar-refractivity contribution in [2.45, 2.75) is 25.7 Å². The van der Waals surface area contributed by atoms with Crippen LogP contribution in [0.15, 0.2) is 41.4 Å². The third-order valence-corrected chi connectivity index (χ3v) is 6.09. The molecule has 172 valence electrons. The van der Waals surface area contributed by atoms with Crippen LogP contribution in [0.25, 0.3) is 0 Å². The van der Waals surface area contributed by atoms with Crippen molar-refractivity contribution in [2.75, 3.05) is 36.9 Å². The molecular weight excluding hydrogens is 425 g/mol. The molecule has 9 heteroatoms. The van der Waals surface area contributed by atoms with Crippen LogP contribution >= 0.6 is 0 Å². The molecule has 3 aliphatic rings. The van der Waals surface area contributed by atoms with Crippen LogP contribution in [-0.2, 0) is 9.53 Å². The molecule has 1 saturated carbocycles. The van der Waals surface area contributed by atoms with E-state index in [9.17, 15) is 9.59 Å². The van der Waals surface area contributed by atoms with Gasteiger partial charge in [0.15, 0.2) is 5.96 Å². The molecule has 0 radical (unpaired) electrons. The normalized spacial score (nSPS) is 18.5. The van der Waals surface area contributed by atoms with E-state index in [1.54, 1.807) is 24.3 Å². The van der Waals surface area contributed by atoms with Gasteiger partial charge in [0.25, 0.3) is 5.91 Å². The lowest BCUT2D eigenvalue weighted by Crippen LogP contribution is -2.49. The summed E-state index contributed by atoms with van der Waals surface area (Å²) >= 11 is 0. The first-order valence-electron chi connectivity index (χ1n) is 11.1. The second-order valence-corrected chi connectivity index (χ2v) is 9.03. The lowest BCUT2D eigenvalue weighted by atomic mass is 9.87. The van der Waals surface area contributed by atoms with Crippen molar-refractivity contribution in [3.05, 3.63) is 53.3 Å². The summed E-state index contributed by atoms with van der Waals surface area (Å²) in [5.41, 5.74) is 2.07. The summed E-state index contributed by atoms with van der Waals surface area (Å²) < 4.78 is 20.4. The first-order valence-corrected chi connectivity index (χ1v) is 11.1. The topological polar surface area (TPSA) is 104 Å². The van der Waals surface area contributed by atoms with Crippen LogP contribution in [0.2, 0.25) is 0 Å². The molecule has 5 rings (SSSR count). The Labute approximate surface area is 191 Å². The molecule has 2 aromatic rings. The van der Waals surface area contributed by atoms with E-state index >= 15 is 4.39 Å². The van der Waals surface area contributed by atoms with Crippen LogP contribution in [0.5, 0.6) is 0 Å². The molecule has 4 N–H and O–H groups in total. The number of benzene rings is 2. The molecule has 3 fully saturated rings. The fourth-order valence-electron chi connectivity index (χ4n) is 3.91. The van der Waals surface area contributed by atoms with Crippen molar-refractivity contribution in [2.24, 2.45) is 10.4 Å². The molecule has 8 nitrogen and oxygen atoms in total. The van der Waals surface area contributed by atoms with Crippen molar-refractivity contribution < 1.29 is 18.7 Å². The highest BCUT2D eigenvalue weighted by molar-refractivity contribution is 6.03. The Bertz CT molecular complexity index is 1130. The number of carbonyl (C=O) groups is 2. The number of rotatable bonds is 6. The number of guanidine groups is 1. The van der Waals surface area contributed by atoms with Gasteiger partial charge in [-0.05, 0) is 61.6 Å². The Kier molecular flexibility index (Phi) is 5.49. The maximum absolute atomic E-state index is 15.2. The number of amides is 2. The van der Waals surface area contributed by atoms with E-state index in [1.165, 1.54) is 6.07 Å². The fraction of sp³-hybridized carbons (Fsp3) is 0.375. The lowest BCUT2D eigenvalue weighted by molar-refractivity contribution is -0.151. The predicted octanol–water partition coefficient (Wildman–Crippen LogP) is 3.11. The van der Waals surface area contributed by atoms with Gasteiger partial charge in [0.05, 0.1) is 24.3 Å². The summed E-state index contributed by atoms with van der Waals surface area (Å²) in [6.45, 7) is 4.05. The molecule has 2 amide bonds. The predicted molar refractivity (Wildman–Crippen MR) is 123 cm³/mol. The molecule has 1 aliphatic carbocycles. The number of aliphatic imine (C=N–C) groups is 1. The van der Waals surface area contributed by atoms with E-state index in [0.29, 0.717) is 49.3 Å². The van der Waals surface area contributed by atoms with Gasteiger partial charge in [-0.1, -0.05) is 6.07 Å². The molecule has 2 aliphatic heterocycles. The quantitative estimate of drug-likeness (QED) is 0.538. The Morgan fingerprint density at radius 2 is 1.85 bits per heavy atom. The molecule has 2 aromatic carbocycles. The molecule has 0 atom stereocenters. The summed E-state index contributed by atoms with van der Waals surface area (Å²) in [6.07, 6.45) is 1.89. The summed E-state index contributed by atoms with van der Waals surface area (Å²) in [5, 5.41) is 12.0. The third kappa shape index (κ3) is 4.54. The molecule has 0 unspecified atom stereocenters. The second kappa shape index (κ2) is 8.47. The minimum absolute atomic E-state index is 0.105. The highest BCUT2D eigenvalue weighted by atomic mass is 19.1. The lowest BCUT2D eigenvalue weighted by Gasteiger charge is -2.36. The summed E-state index contributed by atoms with van der Waals surface area (Å²) in [5.74, 6) is -0.490. The molecule has 0 spiro atoms. The van der Waals surface area contributed by atoms with Crippen molar-refractivity contribution in [1.29, 1.82) is 0 Å². The van der Waals surface area contributed by atoms with Crippen molar-refractivity contribution in [1.82, 2.24) is 10.6 Å². The zero-order chi connectivity index (χ0) is 23.0. The Hall–Kier alpha value is -3.46. The number of hydrogen-bond donors (Lipinski definition) is 4. The van der Waals surface area contributed by atoms with Gasteiger partial charge in [-0.2, -0.15) is 4.99 Å². The number of carbonyl (C=O) groups excluding carboxylic acids is 2. The third-order valence-electron chi connectivity index (χ3n) is 6.09. The van der Waals surface area contributed by atoms with Gasteiger partial charge in [-0.25, -0.2) is 4.39 Å². The van der Waals surface area contributed by atoms with Gasteiger partial charge in [-0.15, -0.1) is 0 Å². The van der Waals surface area contributed by atoms with Crippen LogP contribution in [0.4, 0.5) is 21.5 Å². The number of anilines is 3. The maximum Gasteiger partial charge on any atom is 0.280 e. The van der Waals surface area contributed by atoms with Gasteiger partial charge >= 0.3 is 0 Å². The number of nitrogens with zero attached hydrogens (tertiary/aromatic N) is 1. The zero-order valence-electron chi connectivity index (χ0n) is 18.3. The van der Waals surface area contributed by atoms with E-state index < -0.39 is 17.1 Å². The highest BCUT2D eigenvalue weighted by Crippen LogP contribution is 2.45. The minimum Gasteiger partial charge on any atom is -0.379 e. The van der Waals surface area contributed by atoms with Gasteiger partial charge in [-0.3, -0.25) is 9.59 Å². The highest BCUT2D eigenvalue weighted by Gasteiger charge is 2.41. The smallest absolute Gasteiger partial charge is 0.280 e. The van der Waals surface area contributed by atoms with Gasteiger partial charge in [0.2, 0.25) is 5.91 Å². The number of halogens is 1. The first-order chi connectivity index (χ1) is 15.9. The summed E-state index contributed by atoms with van der Waals surface area (Å²) in [4.78, 5) is 29.1. The Morgan fingerprint density at radius 3 is 2.52 bits per heavy atom. The van der Waals surface area contributed by atoms with Crippen LogP contribution in [0.3, 0.4) is 0 Å². The van der Waals surface area contributed by atoms with E-state index in [0.717, 1.165) is 18.4 Å². The number of ether oxygens (including phenoxy) is 1. The largest absolute Gasteiger partial charge is 0.379 e. The SMILES string of the molecule is CC1(C(=O)Nc2cccc(Nc3c(F)cc(C(=O)N=C4NCCN4)cc3C3CC3)c2)COC1. The van der Waals surface area contributed by atoms with Crippen LogP contribution in [0, 0.1) is 11.2 Å². The van der Waals surface area contributed by atoms with E-state index in [1.807, 2.05) is 13.0 Å². The van der Waals surface area contributed by atoms with E-state index in [4.69, 9.17) is 4.74 Å². The molecule has 0 bridgehead atoms. The molecule has 2 heterocycles. The average molecular weight is 452 g/mol. The number of hydrogen-bond acceptors (Lipinski definition) is 4. The van der Waals surface area contributed by atoms with Crippen molar-refractivity contribution in [3.63, 3.8) is 0 Å². The summed E-state index contributed by atoms with van der Waals surface area (Å²) in [6, 6.07) is 10.1. The second-order valence-electron chi connectivity index (χ2n) is 9.03. The monoisotopic (exact) mass is 451 g/mol. The van der Waals surface area contributed by atoms with E-state index in [2.05, 4.69) is 26.3 Å². The fourth-order valence-corrected chi connectivity index (χ4v) is 3.91. The van der Waals surface area contributed by atoms with Gasteiger partial charge in [0.1, 0.15) is 5.82 Å². The molecular formula is C24H26FN5O3. The Balaban J connectivity index is 1.37. The van der Waals surface area contributed by atoms with Crippen LogP contribution in [-0.4, -0.2) is 44.1 Å². The van der Waals surface area contributed by atoms with Gasteiger partial charge in [0, 0.05) is 30.0 Å². The first kappa shape index (κ1) is 21.4. The Morgan fingerprint density at radius 1 is 1.12 bits per heavy atom. The number of nitrogens with one attached hydrogen (secondary N) is 4. The molecule has 33 heavy (non-hydrogen) atoms. The van der Waals surface area contributed by atoms with Crippen LogP contribution < -0.4 is 21.3 Å². The van der Waals surface area contributed by atoms with Crippen molar-refractivity contribution >= 4 is 34.8 Å². The molecule has 2 saturated heterocycles. The maximum atomic E-state index is 15.2. The minimum atomic E-state index is -0.524. The van der Waals surface area contributed by atoms with Crippen molar-refractivity contribution in [3.8, 4) is 0 Å². The zero-order valence-corrected chi connectivity index (χ0v) is 18.3. The van der Waals surface area contributed by atoms with Gasteiger partial charge < -0.3 is 26.0 Å². The standard InChI is InChI=1S/C24H26FN5O3/c1-24(12-33-13-24)22(32)29-17-4-2-3-16(11-17)28-20-18(14-5-6-14)9-15(10-19(20)25)21(31)30-23-26-7-8-27-23/h2-4,9-11,14,28H,5-8,12-13H2,1H3,(H,29,32)(H2,26,27,30,31). The molecule has 0 aromatic heterocycles. The van der Waals surface area contributed by atoms with E-state index in [-0.39, 0.29) is 17.4 Å². The average Bonchev–Trinajstić information content (AvgIpc) is 3.49.